The van der Waals surface area contributed by atoms with E-state index in [-0.39, 0.29) is 5.82 Å². The molecule has 3 heteroatoms. The Labute approximate surface area is 87.8 Å². The van der Waals surface area contributed by atoms with Crippen molar-refractivity contribution in [3.8, 4) is 11.3 Å². The summed E-state index contributed by atoms with van der Waals surface area (Å²) in [7, 11) is 0. The second-order valence-electron chi connectivity index (χ2n) is 3.49. The van der Waals surface area contributed by atoms with Gasteiger partial charge in [-0.1, -0.05) is 0 Å². The van der Waals surface area contributed by atoms with Crippen molar-refractivity contribution in [2.24, 2.45) is 0 Å². The standard InChI is InChI=1S/C12H11FN2/c1-8-5-10(6-14-9(8)2)12-4-3-11(13)7-15-12/h3-7H,1-2H3. The third-order valence-corrected chi connectivity index (χ3v) is 2.36. The Morgan fingerprint density at radius 1 is 1.07 bits per heavy atom. The van der Waals surface area contributed by atoms with E-state index in [0.29, 0.717) is 0 Å². The molecule has 0 aliphatic rings. The molecule has 0 aliphatic carbocycles. The Hall–Kier alpha value is -1.77. The van der Waals surface area contributed by atoms with E-state index in [1.54, 1.807) is 12.3 Å². The van der Waals surface area contributed by atoms with E-state index in [4.69, 9.17) is 0 Å². The number of pyridine rings is 2. The van der Waals surface area contributed by atoms with Crippen LogP contribution >= 0.6 is 0 Å². The van der Waals surface area contributed by atoms with Gasteiger partial charge in [0.1, 0.15) is 5.82 Å². The third-order valence-electron chi connectivity index (χ3n) is 2.36. The van der Waals surface area contributed by atoms with Crippen molar-refractivity contribution < 1.29 is 4.39 Å². The van der Waals surface area contributed by atoms with E-state index in [2.05, 4.69) is 9.97 Å². The molecule has 0 saturated carbocycles. The van der Waals surface area contributed by atoms with Crippen LogP contribution in [0.3, 0.4) is 0 Å². The van der Waals surface area contributed by atoms with Gasteiger partial charge in [-0.25, -0.2) is 4.39 Å². The molecule has 2 heterocycles. The molecule has 0 bridgehead atoms. The zero-order valence-corrected chi connectivity index (χ0v) is 8.66. The van der Waals surface area contributed by atoms with Crippen molar-refractivity contribution >= 4 is 0 Å². The highest BCUT2D eigenvalue weighted by atomic mass is 19.1. The number of rotatable bonds is 1. The summed E-state index contributed by atoms with van der Waals surface area (Å²) < 4.78 is 12.7. The molecule has 0 amide bonds. The highest BCUT2D eigenvalue weighted by Crippen LogP contribution is 2.18. The van der Waals surface area contributed by atoms with Crippen molar-refractivity contribution in [2.75, 3.05) is 0 Å². The van der Waals surface area contributed by atoms with Crippen LogP contribution in [0.25, 0.3) is 11.3 Å². The Morgan fingerprint density at radius 3 is 2.47 bits per heavy atom. The van der Waals surface area contributed by atoms with Crippen molar-refractivity contribution in [3.63, 3.8) is 0 Å². The number of hydrogen-bond donors (Lipinski definition) is 0. The number of halogens is 1. The molecule has 0 aliphatic heterocycles. The molecular weight excluding hydrogens is 191 g/mol. The molecular formula is C12H11FN2. The molecule has 2 nitrogen and oxygen atoms in total. The van der Waals surface area contributed by atoms with E-state index >= 15 is 0 Å². The largest absolute Gasteiger partial charge is 0.261 e. The van der Waals surface area contributed by atoms with Crippen molar-refractivity contribution in [3.05, 3.63) is 47.7 Å². The molecule has 0 spiro atoms. The topological polar surface area (TPSA) is 25.8 Å². The van der Waals surface area contributed by atoms with Crippen LogP contribution < -0.4 is 0 Å². The number of hydrogen-bond acceptors (Lipinski definition) is 2. The first-order valence-electron chi connectivity index (χ1n) is 4.72. The summed E-state index contributed by atoms with van der Waals surface area (Å²) in [5, 5.41) is 0. The predicted octanol–water partition coefficient (Wildman–Crippen LogP) is 2.90. The van der Waals surface area contributed by atoms with Gasteiger partial charge < -0.3 is 0 Å². The van der Waals surface area contributed by atoms with Crippen LogP contribution in [0.5, 0.6) is 0 Å². The minimum Gasteiger partial charge on any atom is -0.261 e. The molecule has 2 aromatic rings. The zero-order chi connectivity index (χ0) is 10.8. The summed E-state index contributed by atoms with van der Waals surface area (Å²) in [5.41, 5.74) is 3.77. The highest BCUT2D eigenvalue weighted by Gasteiger charge is 2.02. The van der Waals surface area contributed by atoms with Gasteiger partial charge in [-0.05, 0) is 37.6 Å². The molecule has 0 fully saturated rings. The van der Waals surface area contributed by atoms with Crippen LogP contribution in [0.1, 0.15) is 11.3 Å². The van der Waals surface area contributed by atoms with E-state index in [9.17, 15) is 4.39 Å². The lowest BCUT2D eigenvalue weighted by Crippen LogP contribution is -1.90. The second-order valence-corrected chi connectivity index (χ2v) is 3.49. The van der Waals surface area contributed by atoms with Gasteiger partial charge in [0, 0.05) is 17.5 Å². The maximum atomic E-state index is 12.7. The number of nitrogens with zero attached hydrogens (tertiary/aromatic N) is 2. The quantitative estimate of drug-likeness (QED) is 0.710. The first-order chi connectivity index (χ1) is 7.16. The van der Waals surface area contributed by atoms with Gasteiger partial charge in [-0.15, -0.1) is 0 Å². The maximum absolute atomic E-state index is 12.7. The van der Waals surface area contributed by atoms with Crippen LogP contribution in [-0.4, -0.2) is 9.97 Å². The average Bonchev–Trinajstić information content (AvgIpc) is 2.23. The monoisotopic (exact) mass is 202 g/mol. The van der Waals surface area contributed by atoms with Crippen molar-refractivity contribution in [1.29, 1.82) is 0 Å². The van der Waals surface area contributed by atoms with Gasteiger partial charge >= 0.3 is 0 Å². The first-order valence-corrected chi connectivity index (χ1v) is 4.72. The maximum Gasteiger partial charge on any atom is 0.141 e. The van der Waals surface area contributed by atoms with E-state index < -0.39 is 0 Å². The van der Waals surface area contributed by atoms with Crippen molar-refractivity contribution in [2.45, 2.75) is 13.8 Å². The normalized spacial score (nSPS) is 10.3. The molecule has 2 aromatic heterocycles. The van der Waals surface area contributed by atoms with Crippen LogP contribution in [0.4, 0.5) is 4.39 Å². The summed E-state index contributed by atoms with van der Waals surface area (Å²) in [5.74, 6) is -0.324. The summed E-state index contributed by atoms with van der Waals surface area (Å²) in [6.07, 6.45) is 2.97. The minimum atomic E-state index is -0.324. The fourth-order valence-electron chi connectivity index (χ4n) is 1.33. The molecule has 2 rings (SSSR count). The van der Waals surface area contributed by atoms with Crippen LogP contribution in [-0.2, 0) is 0 Å². The van der Waals surface area contributed by atoms with Gasteiger partial charge in [0.15, 0.2) is 0 Å². The Balaban J connectivity index is 2.45. The first kappa shape index (κ1) is 9.77. The van der Waals surface area contributed by atoms with Gasteiger partial charge in [0.05, 0.1) is 11.9 Å². The minimum absolute atomic E-state index is 0.324. The fraction of sp³-hybridized carbons (Fsp3) is 0.167. The lowest BCUT2D eigenvalue weighted by Gasteiger charge is -2.03. The number of aromatic nitrogens is 2. The second kappa shape index (κ2) is 3.77. The molecule has 0 atom stereocenters. The molecule has 0 unspecified atom stereocenters. The lowest BCUT2D eigenvalue weighted by molar-refractivity contribution is 0.622. The molecule has 15 heavy (non-hydrogen) atoms. The summed E-state index contributed by atoms with van der Waals surface area (Å²) >= 11 is 0. The molecule has 76 valence electrons. The Morgan fingerprint density at radius 2 is 1.87 bits per heavy atom. The zero-order valence-electron chi connectivity index (χ0n) is 8.66. The Kier molecular flexibility index (Phi) is 2.46. The summed E-state index contributed by atoms with van der Waals surface area (Å²) in [6.45, 7) is 3.95. The van der Waals surface area contributed by atoms with Crippen molar-refractivity contribution in [1.82, 2.24) is 9.97 Å². The van der Waals surface area contributed by atoms with Crippen LogP contribution in [0.2, 0.25) is 0 Å². The van der Waals surface area contributed by atoms with Gasteiger partial charge in [0.25, 0.3) is 0 Å². The van der Waals surface area contributed by atoms with Gasteiger partial charge in [-0.3, -0.25) is 9.97 Å². The van der Waals surface area contributed by atoms with E-state index in [1.807, 2.05) is 19.9 Å². The molecule has 0 N–H and O–H groups in total. The van der Waals surface area contributed by atoms with Gasteiger partial charge in [0.2, 0.25) is 0 Å². The third kappa shape index (κ3) is 2.01. The summed E-state index contributed by atoms with van der Waals surface area (Å²) in [6, 6.07) is 5.06. The molecule has 0 radical (unpaired) electrons. The predicted molar refractivity (Wildman–Crippen MR) is 56.9 cm³/mol. The summed E-state index contributed by atoms with van der Waals surface area (Å²) in [4.78, 5) is 8.25. The Bertz CT molecular complexity index is 477. The smallest absolute Gasteiger partial charge is 0.141 e. The SMILES string of the molecule is Cc1cc(-c2ccc(F)cn2)cnc1C. The fourth-order valence-corrected chi connectivity index (χ4v) is 1.33. The van der Waals surface area contributed by atoms with E-state index in [0.717, 1.165) is 22.5 Å². The number of aryl methyl sites for hydroxylation is 2. The van der Waals surface area contributed by atoms with Gasteiger partial charge in [-0.2, -0.15) is 0 Å². The molecule has 0 saturated heterocycles. The molecule has 0 aromatic carbocycles. The average molecular weight is 202 g/mol. The lowest BCUT2D eigenvalue weighted by atomic mass is 10.1. The van der Waals surface area contributed by atoms with E-state index in [1.165, 1.54) is 12.3 Å². The van der Waals surface area contributed by atoms with Crippen LogP contribution in [0.15, 0.2) is 30.6 Å². The highest BCUT2D eigenvalue weighted by molar-refractivity contribution is 5.58. The van der Waals surface area contributed by atoms with Crippen LogP contribution in [0, 0.1) is 19.7 Å².